The molecule has 0 radical (unpaired) electrons. The highest BCUT2D eigenvalue weighted by Gasteiger charge is 2.07. The molecule has 10 heavy (non-hydrogen) atoms. The van der Waals surface area contributed by atoms with E-state index in [1.807, 2.05) is 13.2 Å². The van der Waals surface area contributed by atoms with Crippen molar-refractivity contribution in [2.24, 2.45) is 0 Å². The first-order chi connectivity index (χ1) is 4.79. The first-order valence-corrected chi connectivity index (χ1v) is 4.69. The predicted molar refractivity (Wildman–Crippen MR) is 43.3 cm³/mol. The van der Waals surface area contributed by atoms with Crippen LogP contribution in [0, 0.1) is 18.3 Å². The van der Waals surface area contributed by atoms with Crippen LogP contribution in [0.1, 0.15) is 10.4 Å². The molecule has 0 aliphatic rings. The second kappa shape index (κ2) is 3.04. The number of aromatic nitrogens is 1. The van der Waals surface area contributed by atoms with Gasteiger partial charge in [0.2, 0.25) is 0 Å². The molecular weight excluding hydrogens is 164 g/mol. The monoisotopic (exact) mass is 170 g/mol. The van der Waals surface area contributed by atoms with Crippen LogP contribution in [0.5, 0.6) is 0 Å². The molecule has 0 amide bonds. The number of thioether (sulfide) groups is 1. The molecule has 0 saturated heterocycles. The van der Waals surface area contributed by atoms with Gasteiger partial charge >= 0.3 is 0 Å². The van der Waals surface area contributed by atoms with E-state index in [0.717, 1.165) is 15.5 Å². The summed E-state index contributed by atoms with van der Waals surface area (Å²) in [4.78, 5) is 1.01. The van der Waals surface area contributed by atoms with E-state index in [-0.39, 0.29) is 0 Å². The molecule has 0 spiro atoms. The molecule has 0 aliphatic carbocycles. The molecule has 0 atom stereocenters. The maximum Gasteiger partial charge on any atom is 0.128 e. The second-order valence-corrected chi connectivity index (χ2v) is 3.51. The van der Waals surface area contributed by atoms with E-state index in [9.17, 15) is 0 Å². The van der Waals surface area contributed by atoms with Gasteiger partial charge in [0, 0.05) is 4.88 Å². The molecule has 2 nitrogen and oxygen atoms in total. The molecule has 0 aromatic carbocycles. The normalized spacial score (nSPS) is 9.30. The van der Waals surface area contributed by atoms with Crippen LogP contribution in [0.15, 0.2) is 5.03 Å². The number of nitriles is 1. The number of rotatable bonds is 1. The number of aryl methyl sites for hydroxylation is 1. The number of nitrogens with zero attached hydrogens (tertiary/aromatic N) is 2. The molecule has 0 bridgehead atoms. The van der Waals surface area contributed by atoms with Crippen molar-refractivity contribution in [3.63, 3.8) is 0 Å². The Labute approximate surface area is 68.0 Å². The minimum absolute atomic E-state index is 0.734. The summed E-state index contributed by atoms with van der Waals surface area (Å²) in [6, 6.07) is 2.12. The van der Waals surface area contributed by atoms with Gasteiger partial charge in [0.25, 0.3) is 0 Å². The van der Waals surface area contributed by atoms with Crippen molar-refractivity contribution in [2.45, 2.75) is 11.9 Å². The van der Waals surface area contributed by atoms with Gasteiger partial charge in [-0.3, -0.25) is 0 Å². The fraction of sp³-hybridized carbons (Fsp3) is 0.333. The van der Waals surface area contributed by atoms with E-state index >= 15 is 0 Å². The zero-order valence-electron chi connectivity index (χ0n) is 5.71. The van der Waals surface area contributed by atoms with Gasteiger partial charge in [0.15, 0.2) is 0 Å². The number of hydrogen-bond acceptors (Lipinski definition) is 4. The van der Waals surface area contributed by atoms with Gasteiger partial charge in [-0.15, -0.1) is 11.8 Å². The standard InChI is InChI=1S/C6H6N2S2/c1-4-5(3-7)6(9-2)8-10-4/h1-2H3. The maximum atomic E-state index is 8.62. The molecule has 1 rings (SSSR count). The van der Waals surface area contributed by atoms with E-state index < -0.39 is 0 Å². The Morgan fingerprint density at radius 1 is 1.70 bits per heavy atom. The third-order valence-electron chi connectivity index (χ3n) is 1.14. The topological polar surface area (TPSA) is 36.7 Å². The van der Waals surface area contributed by atoms with Crippen LogP contribution in [0.25, 0.3) is 0 Å². The van der Waals surface area contributed by atoms with E-state index in [4.69, 9.17) is 5.26 Å². The lowest BCUT2D eigenvalue weighted by atomic mass is 10.3. The van der Waals surface area contributed by atoms with Crippen molar-refractivity contribution < 1.29 is 0 Å². The fourth-order valence-corrected chi connectivity index (χ4v) is 2.04. The van der Waals surface area contributed by atoms with Crippen molar-refractivity contribution in [3.05, 3.63) is 10.4 Å². The lowest BCUT2D eigenvalue weighted by molar-refractivity contribution is 1.25. The van der Waals surface area contributed by atoms with Gasteiger partial charge in [-0.25, -0.2) is 0 Å². The molecule has 1 aromatic heterocycles. The molecule has 0 saturated carbocycles. The summed E-state index contributed by atoms with van der Waals surface area (Å²) in [5, 5.41) is 9.47. The van der Waals surface area contributed by atoms with Gasteiger partial charge in [0.05, 0.1) is 5.56 Å². The van der Waals surface area contributed by atoms with E-state index in [1.165, 1.54) is 23.3 Å². The highest BCUT2D eigenvalue weighted by Crippen LogP contribution is 2.23. The third-order valence-corrected chi connectivity index (χ3v) is 2.69. The summed E-state index contributed by atoms with van der Waals surface area (Å²) in [7, 11) is 0. The maximum absolute atomic E-state index is 8.62. The average molecular weight is 170 g/mol. The highest BCUT2D eigenvalue weighted by atomic mass is 32.2. The van der Waals surface area contributed by atoms with Gasteiger partial charge in [0.1, 0.15) is 11.1 Å². The second-order valence-electron chi connectivity index (χ2n) is 1.73. The Kier molecular flexibility index (Phi) is 2.30. The zero-order chi connectivity index (χ0) is 7.56. The molecule has 4 heteroatoms. The van der Waals surface area contributed by atoms with Crippen LogP contribution in [0.2, 0.25) is 0 Å². The van der Waals surface area contributed by atoms with Crippen LogP contribution in [0.4, 0.5) is 0 Å². The van der Waals surface area contributed by atoms with Gasteiger partial charge in [-0.05, 0) is 24.7 Å². The van der Waals surface area contributed by atoms with Crippen LogP contribution in [0.3, 0.4) is 0 Å². The highest BCUT2D eigenvalue weighted by molar-refractivity contribution is 7.98. The average Bonchev–Trinajstić information content (AvgIpc) is 2.30. The summed E-state index contributed by atoms with van der Waals surface area (Å²) in [5.74, 6) is 0. The van der Waals surface area contributed by atoms with E-state index in [0.29, 0.717) is 0 Å². The third kappa shape index (κ3) is 1.15. The van der Waals surface area contributed by atoms with Crippen molar-refractivity contribution >= 4 is 23.3 Å². The van der Waals surface area contributed by atoms with Crippen LogP contribution >= 0.6 is 23.3 Å². The molecule has 0 aliphatic heterocycles. The zero-order valence-corrected chi connectivity index (χ0v) is 7.34. The molecule has 1 aromatic rings. The summed E-state index contributed by atoms with van der Waals surface area (Å²) in [6.45, 7) is 1.91. The largest absolute Gasteiger partial charge is 0.192 e. The summed E-state index contributed by atoms with van der Waals surface area (Å²) in [5.41, 5.74) is 0.734. The summed E-state index contributed by atoms with van der Waals surface area (Å²) in [6.07, 6.45) is 1.93. The molecule has 0 N–H and O–H groups in total. The van der Waals surface area contributed by atoms with Gasteiger partial charge < -0.3 is 0 Å². The Balaban J connectivity index is 3.17. The van der Waals surface area contributed by atoms with E-state index in [2.05, 4.69) is 10.4 Å². The van der Waals surface area contributed by atoms with Crippen LogP contribution in [-0.4, -0.2) is 10.6 Å². The summed E-state index contributed by atoms with van der Waals surface area (Å²) >= 11 is 2.90. The molecule has 0 fully saturated rings. The fourth-order valence-electron chi connectivity index (χ4n) is 0.618. The molecule has 0 unspecified atom stereocenters. The van der Waals surface area contributed by atoms with Crippen molar-refractivity contribution in [2.75, 3.05) is 6.26 Å². The summed E-state index contributed by atoms with van der Waals surface area (Å²) < 4.78 is 4.09. The smallest absolute Gasteiger partial charge is 0.128 e. The Morgan fingerprint density at radius 2 is 2.40 bits per heavy atom. The van der Waals surface area contributed by atoms with Crippen LogP contribution in [-0.2, 0) is 0 Å². The Hall–Kier alpha value is -0.530. The van der Waals surface area contributed by atoms with E-state index in [1.54, 1.807) is 0 Å². The first-order valence-electron chi connectivity index (χ1n) is 2.70. The first kappa shape index (κ1) is 7.58. The molecule has 1 heterocycles. The van der Waals surface area contributed by atoms with Gasteiger partial charge in [-0.2, -0.15) is 9.64 Å². The Bertz CT molecular complexity index is 272. The van der Waals surface area contributed by atoms with Crippen LogP contribution < -0.4 is 0 Å². The number of hydrogen-bond donors (Lipinski definition) is 0. The Morgan fingerprint density at radius 3 is 2.80 bits per heavy atom. The molecular formula is C6H6N2S2. The van der Waals surface area contributed by atoms with Crippen molar-refractivity contribution in [1.29, 1.82) is 5.26 Å². The van der Waals surface area contributed by atoms with Crippen molar-refractivity contribution in [1.82, 2.24) is 4.37 Å². The lowest BCUT2D eigenvalue weighted by Gasteiger charge is -1.85. The lowest BCUT2D eigenvalue weighted by Crippen LogP contribution is -1.75. The SMILES string of the molecule is CSc1nsc(C)c1C#N. The molecule has 52 valence electrons. The van der Waals surface area contributed by atoms with Crippen molar-refractivity contribution in [3.8, 4) is 6.07 Å². The minimum Gasteiger partial charge on any atom is -0.192 e. The predicted octanol–water partition coefficient (Wildman–Crippen LogP) is 2.05. The quantitative estimate of drug-likeness (QED) is 0.605. The minimum atomic E-state index is 0.734. The van der Waals surface area contributed by atoms with Gasteiger partial charge in [-0.1, -0.05) is 0 Å².